The zero-order chi connectivity index (χ0) is 27.4. The Morgan fingerprint density at radius 2 is 0.939 bits per heavy atom. The summed E-state index contributed by atoms with van der Waals surface area (Å²) in [4.78, 5) is 10.4. The van der Waals surface area contributed by atoms with E-state index < -0.39 is 78.9 Å². The van der Waals surface area contributed by atoms with E-state index in [1.54, 1.807) is 0 Å². The number of nitrogens with two attached hydrogens (primary N) is 1. The number of halogens is 17. The van der Waals surface area contributed by atoms with Gasteiger partial charge in [-0.2, -0.15) is 61.5 Å². The molecule has 0 saturated heterocycles. The van der Waals surface area contributed by atoms with Crippen molar-refractivity contribution in [1.82, 2.24) is 0 Å². The molecule has 3 N–H and O–H groups in total. The third kappa shape index (κ3) is 4.15. The Balaban J connectivity index is 6.77. The first-order valence-corrected chi connectivity index (χ1v) is 7.62. The van der Waals surface area contributed by atoms with E-state index in [9.17, 15) is 79.4 Å². The van der Waals surface area contributed by atoms with Gasteiger partial charge in [-0.3, -0.25) is 4.79 Å². The van der Waals surface area contributed by atoms with Crippen molar-refractivity contribution in [2.45, 2.75) is 72.9 Å². The summed E-state index contributed by atoms with van der Waals surface area (Å²) in [6.07, 6.45) is -8.56. The minimum Gasteiger partial charge on any atom is -0.480 e. The number of alkyl halides is 17. The topological polar surface area (TPSA) is 63.3 Å². The number of hydrogen-bond acceptors (Lipinski definition) is 2. The van der Waals surface area contributed by atoms with Crippen molar-refractivity contribution in [3.05, 3.63) is 0 Å². The van der Waals surface area contributed by atoms with Crippen molar-refractivity contribution >= 4 is 5.97 Å². The molecule has 3 nitrogen and oxygen atoms in total. The van der Waals surface area contributed by atoms with Crippen molar-refractivity contribution in [2.75, 3.05) is 0 Å². The monoisotopic (exact) mass is 535 g/mol. The van der Waals surface area contributed by atoms with E-state index in [0.29, 0.717) is 0 Å². The maximum atomic E-state index is 14.0. The highest BCUT2D eigenvalue weighted by molar-refractivity contribution is 5.73. The lowest BCUT2D eigenvalue weighted by Gasteiger charge is -2.44. The summed E-state index contributed by atoms with van der Waals surface area (Å²) in [7, 11) is 0. The fourth-order valence-electron chi connectivity index (χ4n) is 2.09. The van der Waals surface area contributed by atoms with Crippen LogP contribution < -0.4 is 5.73 Å². The zero-order valence-electron chi connectivity index (χ0n) is 15.2. The molecule has 0 fully saturated rings. The molecular formula is C13H10F17NO2. The second kappa shape index (κ2) is 8.17. The molecule has 0 aromatic carbocycles. The Morgan fingerprint density at radius 3 is 1.21 bits per heavy atom. The van der Waals surface area contributed by atoms with Gasteiger partial charge < -0.3 is 10.8 Å². The number of rotatable bonds is 11. The standard InChI is InChI=1S/C13H10F17NO2/c1-6(16,2-3(31)4(32)33)8(19,20)10(23,24)12(27,28)13(29,30)11(25,26)9(21,22)7(17,18)5(14)15/h3,5H,2,31H2,1H3,(H,32,33). The SMILES string of the molecule is CC(F)(CC(N)C(=O)O)C(F)(F)C(F)(F)C(F)(F)C(F)(F)C(F)(F)C(F)(F)C(F)(F)C(F)F. The van der Waals surface area contributed by atoms with Crippen LogP contribution in [0.25, 0.3) is 0 Å². The predicted octanol–water partition coefficient (Wildman–Crippen LogP) is 5.23. The largest absolute Gasteiger partial charge is 0.480 e. The molecule has 33 heavy (non-hydrogen) atoms. The number of carboxylic acid groups (broad SMARTS) is 1. The molecule has 0 aromatic heterocycles. The number of carbonyl (C=O) groups is 1. The van der Waals surface area contributed by atoms with E-state index in [4.69, 9.17) is 5.11 Å². The van der Waals surface area contributed by atoms with Crippen LogP contribution in [0.15, 0.2) is 0 Å². The molecule has 0 aromatic rings. The van der Waals surface area contributed by atoms with Crippen LogP contribution in [0.1, 0.15) is 13.3 Å². The van der Waals surface area contributed by atoms with Crippen LogP contribution >= 0.6 is 0 Å². The molecule has 20 heteroatoms. The average molecular weight is 535 g/mol. The minimum absolute atomic E-state index is 0.838. The summed E-state index contributed by atoms with van der Waals surface area (Å²) < 4.78 is 225. The van der Waals surface area contributed by atoms with Gasteiger partial charge in [0.2, 0.25) is 0 Å². The van der Waals surface area contributed by atoms with E-state index in [0.717, 1.165) is 0 Å². The quantitative estimate of drug-likeness (QED) is 0.357. The van der Waals surface area contributed by atoms with Crippen LogP contribution in [0.2, 0.25) is 0 Å². The van der Waals surface area contributed by atoms with Gasteiger partial charge in [-0.25, -0.2) is 13.2 Å². The van der Waals surface area contributed by atoms with Crippen LogP contribution in [0.4, 0.5) is 74.6 Å². The van der Waals surface area contributed by atoms with Gasteiger partial charge in [-0.05, 0) is 6.92 Å². The zero-order valence-corrected chi connectivity index (χ0v) is 15.2. The molecule has 0 radical (unpaired) electrons. The number of aliphatic carboxylic acids is 1. The minimum atomic E-state index is -8.67. The number of carboxylic acids is 1. The van der Waals surface area contributed by atoms with Crippen molar-refractivity contribution < 1.29 is 84.5 Å². The summed E-state index contributed by atoms with van der Waals surface area (Å²) in [5.74, 6) is -59.6. The molecule has 198 valence electrons. The summed E-state index contributed by atoms with van der Waals surface area (Å²) in [5, 5.41) is 8.31. The molecule has 0 amide bonds. The van der Waals surface area contributed by atoms with Gasteiger partial charge in [0, 0.05) is 6.42 Å². The van der Waals surface area contributed by atoms with Crippen LogP contribution in [0, 0.1) is 0 Å². The smallest absolute Gasteiger partial charge is 0.385 e. The molecule has 0 spiro atoms. The van der Waals surface area contributed by atoms with Crippen molar-refractivity contribution in [1.29, 1.82) is 0 Å². The summed E-state index contributed by atoms with van der Waals surface area (Å²) >= 11 is 0. The van der Waals surface area contributed by atoms with Gasteiger partial charge in [0.1, 0.15) is 6.04 Å². The molecule has 0 bridgehead atoms. The van der Waals surface area contributed by atoms with Crippen molar-refractivity contribution in [3.8, 4) is 0 Å². The second-order valence-corrected chi connectivity index (χ2v) is 6.72. The van der Waals surface area contributed by atoms with Crippen LogP contribution in [0.5, 0.6) is 0 Å². The Morgan fingerprint density at radius 1 is 0.667 bits per heavy atom. The maximum Gasteiger partial charge on any atom is 0.385 e. The van der Waals surface area contributed by atoms with Gasteiger partial charge in [0.25, 0.3) is 0 Å². The highest BCUT2D eigenvalue weighted by atomic mass is 19.4. The van der Waals surface area contributed by atoms with E-state index >= 15 is 0 Å². The van der Waals surface area contributed by atoms with Crippen molar-refractivity contribution in [2.24, 2.45) is 5.73 Å². The maximum absolute atomic E-state index is 14.0. The molecular weight excluding hydrogens is 525 g/mol. The molecule has 2 atom stereocenters. The average Bonchev–Trinajstić information content (AvgIpc) is 2.59. The molecule has 0 heterocycles. The lowest BCUT2D eigenvalue weighted by atomic mass is 9.82. The van der Waals surface area contributed by atoms with Gasteiger partial charge in [-0.1, -0.05) is 0 Å². The molecule has 2 unspecified atom stereocenters. The number of hydrogen-bond donors (Lipinski definition) is 2. The molecule has 0 saturated carbocycles. The molecule has 0 aliphatic rings. The Bertz CT molecular complexity index is 732. The van der Waals surface area contributed by atoms with Crippen LogP contribution in [0.3, 0.4) is 0 Å². The van der Waals surface area contributed by atoms with Gasteiger partial charge in [0.15, 0.2) is 5.67 Å². The van der Waals surface area contributed by atoms with E-state index in [-0.39, 0.29) is 0 Å². The van der Waals surface area contributed by atoms with E-state index in [1.165, 1.54) is 0 Å². The molecule has 0 aliphatic heterocycles. The normalized spacial score (nSPS) is 18.3. The fourth-order valence-corrected chi connectivity index (χ4v) is 2.09. The summed E-state index contributed by atoms with van der Waals surface area (Å²) in [5.41, 5.74) is -0.850. The lowest BCUT2D eigenvalue weighted by molar-refractivity contribution is -0.452. The van der Waals surface area contributed by atoms with Gasteiger partial charge in [0.05, 0.1) is 0 Å². The third-order valence-electron chi connectivity index (χ3n) is 4.24. The van der Waals surface area contributed by atoms with Crippen LogP contribution in [-0.2, 0) is 4.79 Å². The molecule has 0 rings (SSSR count). The van der Waals surface area contributed by atoms with Gasteiger partial charge >= 0.3 is 53.9 Å². The highest BCUT2D eigenvalue weighted by Gasteiger charge is 2.94. The Hall–Kier alpha value is -1.76. The highest BCUT2D eigenvalue weighted by Crippen LogP contribution is 2.64. The lowest BCUT2D eigenvalue weighted by Crippen LogP contribution is -2.75. The van der Waals surface area contributed by atoms with E-state index in [2.05, 4.69) is 5.73 Å². The third-order valence-corrected chi connectivity index (χ3v) is 4.24. The van der Waals surface area contributed by atoms with E-state index in [1.807, 2.05) is 0 Å². The summed E-state index contributed by atoms with van der Waals surface area (Å²) in [6, 6.07) is -2.92. The van der Waals surface area contributed by atoms with Gasteiger partial charge in [-0.15, -0.1) is 0 Å². The van der Waals surface area contributed by atoms with Crippen molar-refractivity contribution in [3.63, 3.8) is 0 Å². The second-order valence-electron chi connectivity index (χ2n) is 6.72. The Kier molecular flexibility index (Phi) is 7.74. The summed E-state index contributed by atoms with van der Waals surface area (Å²) in [6.45, 7) is -0.838. The molecule has 0 aliphatic carbocycles. The first-order chi connectivity index (χ1) is 14.0. The Labute approximate surface area is 170 Å². The van der Waals surface area contributed by atoms with Crippen LogP contribution in [-0.4, -0.2) is 70.7 Å². The fraction of sp³-hybridized carbons (Fsp3) is 0.923. The predicted molar refractivity (Wildman–Crippen MR) is 70.4 cm³/mol. The first-order valence-electron chi connectivity index (χ1n) is 7.62. The first kappa shape index (κ1) is 31.2.